The number of hydrogen-bond donors (Lipinski definition) is 1. The predicted molar refractivity (Wildman–Crippen MR) is 130 cm³/mol. The van der Waals surface area contributed by atoms with Gasteiger partial charge in [0.1, 0.15) is 0 Å². The van der Waals surface area contributed by atoms with Crippen LogP contribution >= 0.6 is 11.8 Å². The van der Waals surface area contributed by atoms with Crippen molar-refractivity contribution in [1.29, 1.82) is 5.26 Å². The Kier molecular flexibility index (Phi) is 7.71. The third-order valence-corrected chi connectivity index (χ3v) is 6.80. The standard InChI is InChI=1S/C27H28N2O2S/c1-5-19-7-11-21(12-8-19)24(31)16-32-27-23(15-28)26(25(18(4)30)17(3)29-27)22-13-9-20(6-2)10-14-22/h7-14,26,29H,5-6,16H2,1-4H3. The van der Waals surface area contributed by atoms with E-state index in [1.165, 1.54) is 29.8 Å². The molecular formula is C27H28N2O2S. The molecule has 1 aliphatic heterocycles. The molecule has 0 saturated carbocycles. The first-order chi connectivity index (χ1) is 15.4. The second-order valence-electron chi connectivity index (χ2n) is 7.86. The van der Waals surface area contributed by atoms with Crippen molar-refractivity contribution in [3.8, 4) is 6.07 Å². The van der Waals surface area contributed by atoms with E-state index in [0.29, 0.717) is 21.7 Å². The molecule has 0 amide bonds. The summed E-state index contributed by atoms with van der Waals surface area (Å²) in [5, 5.41) is 13.9. The molecule has 1 aliphatic rings. The lowest BCUT2D eigenvalue weighted by atomic mass is 9.81. The van der Waals surface area contributed by atoms with Crippen molar-refractivity contribution in [3.63, 3.8) is 0 Å². The molecule has 0 fully saturated rings. The minimum atomic E-state index is -0.439. The molecule has 1 unspecified atom stereocenters. The van der Waals surface area contributed by atoms with Crippen LogP contribution in [0.4, 0.5) is 0 Å². The van der Waals surface area contributed by atoms with Crippen molar-refractivity contribution in [2.45, 2.75) is 46.5 Å². The van der Waals surface area contributed by atoms with Crippen molar-refractivity contribution in [1.82, 2.24) is 5.32 Å². The van der Waals surface area contributed by atoms with Gasteiger partial charge >= 0.3 is 0 Å². The van der Waals surface area contributed by atoms with Crippen LogP contribution in [-0.4, -0.2) is 17.3 Å². The second kappa shape index (κ2) is 10.5. The van der Waals surface area contributed by atoms with Gasteiger partial charge in [-0.05, 0) is 43.4 Å². The van der Waals surface area contributed by atoms with Gasteiger partial charge in [0.25, 0.3) is 0 Å². The lowest BCUT2D eigenvalue weighted by molar-refractivity contribution is -0.113. The van der Waals surface area contributed by atoms with Gasteiger partial charge in [0.05, 0.1) is 28.3 Å². The fourth-order valence-corrected chi connectivity index (χ4v) is 4.91. The summed E-state index contributed by atoms with van der Waals surface area (Å²) < 4.78 is 0. The Labute approximate surface area is 194 Å². The van der Waals surface area contributed by atoms with Gasteiger partial charge in [-0.1, -0.05) is 74.1 Å². The number of nitriles is 1. The van der Waals surface area contributed by atoms with Crippen LogP contribution < -0.4 is 5.32 Å². The molecule has 0 bridgehead atoms. The fraction of sp³-hybridized carbons (Fsp3) is 0.296. The van der Waals surface area contributed by atoms with Gasteiger partial charge in [0.15, 0.2) is 11.6 Å². The summed E-state index contributed by atoms with van der Waals surface area (Å²) >= 11 is 1.32. The molecule has 1 atom stereocenters. The van der Waals surface area contributed by atoms with Gasteiger partial charge < -0.3 is 5.32 Å². The second-order valence-corrected chi connectivity index (χ2v) is 8.85. The Hall–Kier alpha value is -3.10. The summed E-state index contributed by atoms with van der Waals surface area (Å²) in [6.45, 7) is 7.55. The molecule has 0 aromatic heterocycles. The van der Waals surface area contributed by atoms with Crippen molar-refractivity contribution >= 4 is 23.3 Å². The lowest BCUT2D eigenvalue weighted by Crippen LogP contribution is -2.27. The monoisotopic (exact) mass is 444 g/mol. The van der Waals surface area contributed by atoms with Crippen molar-refractivity contribution in [2.75, 3.05) is 5.75 Å². The normalized spacial score (nSPS) is 15.9. The minimum absolute atomic E-state index is 0.00656. The van der Waals surface area contributed by atoms with E-state index < -0.39 is 5.92 Å². The van der Waals surface area contributed by atoms with Gasteiger partial charge in [-0.15, -0.1) is 0 Å². The van der Waals surface area contributed by atoms with Crippen LogP contribution in [0.25, 0.3) is 0 Å². The zero-order chi connectivity index (χ0) is 23.3. The van der Waals surface area contributed by atoms with Crippen LogP contribution in [0.2, 0.25) is 0 Å². The quantitative estimate of drug-likeness (QED) is 0.528. The van der Waals surface area contributed by atoms with Crippen molar-refractivity contribution in [2.24, 2.45) is 0 Å². The molecular weight excluding hydrogens is 416 g/mol. The van der Waals surface area contributed by atoms with E-state index in [0.717, 1.165) is 24.1 Å². The number of nitrogens with one attached hydrogen (secondary N) is 1. The fourth-order valence-electron chi connectivity index (χ4n) is 3.92. The largest absolute Gasteiger partial charge is 0.353 e. The topological polar surface area (TPSA) is 70.0 Å². The first-order valence-electron chi connectivity index (χ1n) is 10.9. The van der Waals surface area contributed by atoms with Gasteiger partial charge in [0.2, 0.25) is 0 Å². The third-order valence-electron chi connectivity index (χ3n) is 5.78. The number of dihydropyridines is 1. The SMILES string of the molecule is CCc1ccc(C(=O)CSC2=C(C#N)C(c3ccc(CC)cc3)C(C(C)=O)=C(C)N2)cc1. The van der Waals surface area contributed by atoms with Gasteiger partial charge in [-0.3, -0.25) is 9.59 Å². The van der Waals surface area contributed by atoms with Crippen LogP contribution in [0.15, 0.2) is 70.4 Å². The molecule has 32 heavy (non-hydrogen) atoms. The molecule has 5 heteroatoms. The summed E-state index contributed by atoms with van der Waals surface area (Å²) in [5.41, 5.74) is 5.75. The Balaban J connectivity index is 1.92. The molecule has 0 saturated heterocycles. The number of nitrogens with zero attached hydrogens (tertiary/aromatic N) is 1. The summed E-state index contributed by atoms with van der Waals surface area (Å²) in [7, 11) is 0. The van der Waals surface area contributed by atoms with E-state index >= 15 is 0 Å². The Morgan fingerprint density at radius 3 is 2.06 bits per heavy atom. The van der Waals surface area contributed by atoms with Crippen molar-refractivity contribution in [3.05, 3.63) is 92.7 Å². The summed E-state index contributed by atoms with van der Waals surface area (Å²) in [4.78, 5) is 25.2. The lowest BCUT2D eigenvalue weighted by Gasteiger charge is -2.29. The Morgan fingerprint density at radius 1 is 1.00 bits per heavy atom. The zero-order valence-corrected chi connectivity index (χ0v) is 19.8. The molecule has 4 nitrogen and oxygen atoms in total. The molecule has 0 radical (unpaired) electrons. The molecule has 2 aromatic rings. The van der Waals surface area contributed by atoms with Gasteiger partial charge in [-0.25, -0.2) is 0 Å². The number of allylic oxidation sites excluding steroid dienone is 3. The number of benzene rings is 2. The van der Waals surface area contributed by atoms with Gasteiger partial charge in [-0.2, -0.15) is 5.26 Å². The molecule has 0 spiro atoms. The molecule has 1 heterocycles. The number of rotatable bonds is 8. The third kappa shape index (κ3) is 5.03. The number of thioether (sulfide) groups is 1. The van der Waals surface area contributed by atoms with Crippen LogP contribution in [0.1, 0.15) is 60.7 Å². The van der Waals surface area contributed by atoms with Gasteiger partial charge in [0, 0.05) is 16.8 Å². The number of carbonyl (C=O) groups is 2. The molecule has 164 valence electrons. The predicted octanol–water partition coefficient (Wildman–Crippen LogP) is 5.71. The number of carbonyl (C=O) groups excluding carboxylic acids is 2. The van der Waals surface area contributed by atoms with E-state index in [1.54, 1.807) is 0 Å². The maximum absolute atomic E-state index is 12.7. The van der Waals surface area contributed by atoms with E-state index in [9.17, 15) is 14.9 Å². The van der Waals surface area contributed by atoms with Crippen LogP contribution in [0.5, 0.6) is 0 Å². The smallest absolute Gasteiger partial charge is 0.173 e. The Morgan fingerprint density at radius 2 is 1.56 bits per heavy atom. The van der Waals surface area contributed by atoms with Crippen molar-refractivity contribution < 1.29 is 9.59 Å². The molecule has 2 aromatic carbocycles. The molecule has 3 rings (SSSR count). The van der Waals surface area contributed by atoms with Crippen LogP contribution in [0.3, 0.4) is 0 Å². The highest BCUT2D eigenvalue weighted by atomic mass is 32.2. The van der Waals surface area contributed by atoms with E-state index in [2.05, 4.69) is 25.2 Å². The molecule has 0 aliphatic carbocycles. The average molecular weight is 445 g/mol. The van der Waals surface area contributed by atoms with E-state index in [-0.39, 0.29) is 17.3 Å². The van der Waals surface area contributed by atoms with E-state index in [1.807, 2.05) is 55.5 Å². The van der Waals surface area contributed by atoms with Crippen LogP contribution in [-0.2, 0) is 17.6 Å². The Bertz CT molecular complexity index is 1120. The zero-order valence-electron chi connectivity index (χ0n) is 19.0. The number of Topliss-reactive ketones (excluding diaryl/α,β-unsaturated/α-hetero) is 2. The highest BCUT2D eigenvalue weighted by molar-refractivity contribution is 8.03. The average Bonchev–Trinajstić information content (AvgIpc) is 2.81. The summed E-state index contributed by atoms with van der Waals surface area (Å²) in [6, 6.07) is 18.0. The maximum atomic E-state index is 12.7. The summed E-state index contributed by atoms with van der Waals surface area (Å²) in [5.74, 6) is -0.287. The summed E-state index contributed by atoms with van der Waals surface area (Å²) in [6.07, 6.45) is 1.85. The van der Waals surface area contributed by atoms with E-state index in [4.69, 9.17) is 0 Å². The number of hydrogen-bond acceptors (Lipinski definition) is 5. The minimum Gasteiger partial charge on any atom is -0.353 e. The highest BCUT2D eigenvalue weighted by Crippen LogP contribution is 2.41. The van der Waals surface area contributed by atoms with Crippen LogP contribution in [0, 0.1) is 11.3 Å². The first-order valence-corrected chi connectivity index (χ1v) is 11.8. The molecule has 1 N–H and O–H groups in total. The number of ketones is 2. The number of aryl methyl sites for hydroxylation is 2. The maximum Gasteiger partial charge on any atom is 0.173 e. The highest BCUT2D eigenvalue weighted by Gasteiger charge is 2.33. The first kappa shape index (κ1) is 23.6.